The van der Waals surface area contributed by atoms with Gasteiger partial charge in [0, 0.05) is 29.8 Å². The van der Waals surface area contributed by atoms with Crippen molar-refractivity contribution >= 4 is 11.6 Å². The van der Waals surface area contributed by atoms with Gasteiger partial charge in [-0.25, -0.2) is 9.97 Å². The van der Waals surface area contributed by atoms with Crippen LogP contribution in [-0.4, -0.2) is 15.0 Å². The lowest BCUT2D eigenvalue weighted by Crippen LogP contribution is -2.11. The zero-order chi connectivity index (χ0) is 17.2. The number of rotatable bonds is 3. The highest BCUT2D eigenvalue weighted by Gasteiger charge is 2.15. The minimum atomic E-state index is 0.0997. The van der Waals surface area contributed by atoms with Crippen molar-refractivity contribution in [3.8, 4) is 11.3 Å². The molecule has 2 heterocycles. The number of benzene rings is 1. The standard InChI is InChI=1S/C20H22N4/c1-14-7-8-16(20(2,3)4)12-18(14)24-19-22-11-9-17(23-19)15-6-5-10-21-13-15/h5-13H,1-4H3,(H,22,23,24). The maximum Gasteiger partial charge on any atom is 0.227 e. The molecule has 24 heavy (non-hydrogen) atoms. The zero-order valence-corrected chi connectivity index (χ0v) is 14.5. The van der Waals surface area contributed by atoms with Crippen LogP contribution in [0.25, 0.3) is 11.3 Å². The summed E-state index contributed by atoms with van der Waals surface area (Å²) in [6, 6.07) is 12.3. The van der Waals surface area contributed by atoms with Gasteiger partial charge in [-0.05, 0) is 47.7 Å². The molecule has 0 spiro atoms. The molecule has 0 saturated carbocycles. The van der Waals surface area contributed by atoms with Crippen molar-refractivity contribution in [3.05, 3.63) is 66.1 Å². The van der Waals surface area contributed by atoms with Gasteiger partial charge in [-0.3, -0.25) is 4.98 Å². The summed E-state index contributed by atoms with van der Waals surface area (Å²) in [6.07, 6.45) is 5.32. The van der Waals surface area contributed by atoms with Crippen molar-refractivity contribution in [3.63, 3.8) is 0 Å². The van der Waals surface area contributed by atoms with Gasteiger partial charge in [0.2, 0.25) is 5.95 Å². The van der Waals surface area contributed by atoms with Gasteiger partial charge in [-0.2, -0.15) is 0 Å². The molecule has 4 heteroatoms. The molecular formula is C20H22N4. The maximum absolute atomic E-state index is 4.61. The van der Waals surface area contributed by atoms with E-state index in [1.54, 1.807) is 18.6 Å². The van der Waals surface area contributed by atoms with E-state index < -0.39 is 0 Å². The molecule has 3 aromatic rings. The first-order valence-corrected chi connectivity index (χ1v) is 8.05. The van der Waals surface area contributed by atoms with E-state index in [1.165, 1.54) is 11.1 Å². The lowest BCUT2D eigenvalue weighted by molar-refractivity contribution is 0.590. The second kappa shape index (κ2) is 6.40. The highest BCUT2D eigenvalue weighted by Crippen LogP contribution is 2.28. The average molecular weight is 318 g/mol. The summed E-state index contributed by atoms with van der Waals surface area (Å²) in [7, 11) is 0. The van der Waals surface area contributed by atoms with Crippen molar-refractivity contribution in [2.75, 3.05) is 5.32 Å². The third-order valence-electron chi connectivity index (χ3n) is 3.96. The minimum Gasteiger partial charge on any atom is -0.324 e. The van der Waals surface area contributed by atoms with Crippen molar-refractivity contribution in [2.24, 2.45) is 0 Å². The Labute approximate surface area is 143 Å². The van der Waals surface area contributed by atoms with E-state index in [9.17, 15) is 0 Å². The topological polar surface area (TPSA) is 50.7 Å². The number of anilines is 2. The van der Waals surface area contributed by atoms with E-state index in [-0.39, 0.29) is 5.41 Å². The highest BCUT2D eigenvalue weighted by atomic mass is 15.1. The summed E-state index contributed by atoms with van der Waals surface area (Å²) in [5.41, 5.74) is 5.40. The molecule has 122 valence electrons. The third-order valence-corrected chi connectivity index (χ3v) is 3.96. The molecule has 4 nitrogen and oxygen atoms in total. The van der Waals surface area contributed by atoms with Crippen molar-refractivity contribution in [1.82, 2.24) is 15.0 Å². The van der Waals surface area contributed by atoms with Crippen LogP contribution in [0.2, 0.25) is 0 Å². The van der Waals surface area contributed by atoms with Gasteiger partial charge in [0.25, 0.3) is 0 Å². The molecule has 0 saturated heterocycles. The third kappa shape index (κ3) is 3.59. The van der Waals surface area contributed by atoms with Crippen molar-refractivity contribution in [1.29, 1.82) is 0 Å². The van der Waals surface area contributed by atoms with Crippen LogP contribution in [0.5, 0.6) is 0 Å². The first-order chi connectivity index (χ1) is 11.4. The molecule has 0 radical (unpaired) electrons. The van der Waals surface area contributed by atoms with Gasteiger partial charge in [0.1, 0.15) is 0 Å². The van der Waals surface area contributed by atoms with Gasteiger partial charge < -0.3 is 5.32 Å². The SMILES string of the molecule is Cc1ccc(C(C)(C)C)cc1Nc1nccc(-c2cccnc2)n1. The Balaban J connectivity index is 1.92. The Morgan fingerprint density at radius 1 is 1.00 bits per heavy atom. The van der Waals surface area contributed by atoms with E-state index in [1.807, 2.05) is 18.2 Å². The van der Waals surface area contributed by atoms with Gasteiger partial charge in [0.05, 0.1) is 5.69 Å². The van der Waals surface area contributed by atoms with Crippen LogP contribution in [-0.2, 0) is 5.41 Å². The Bertz CT molecular complexity index is 836. The highest BCUT2D eigenvalue weighted by molar-refractivity contribution is 5.63. The lowest BCUT2D eigenvalue weighted by Gasteiger charge is -2.21. The number of hydrogen-bond donors (Lipinski definition) is 1. The molecule has 1 aromatic carbocycles. The summed E-state index contributed by atoms with van der Waals surface area (Å²) in [5, 5.41) is 3.35. The largest absolute Gasteiger partial charge is 0.324 e. The van der Waals surface area contributed by atoms with Gasteiger partial charge in [-0.15, -0.1) is 0 Å². The number of nitrogens with zero attached hydrogens (tertiary/aromatic N) is 3. The van der Waals surface area contributed by atoms with Crippen LogP contribution in [0.15, 0.2) is 55.0 Å². The fourth-order valence-electron chi connectivity index (χ4n) is 2.44. The summed E-state index contributed by atoms with van der Waals surface area (Å²) in [6.45, 7) is 8.71. The average Bonchev–Trinajstić information content (AvgIpc) is 2.57. The number of aryl methyl sites for hydroxylation is 1. The quantitative estimate of drug-likeness (QED) is 0.747. The fraction of sp³-hybridized carbons (Fsp3) is 0.250. The number of hydrogen-bond acceptors (Lipinski definition) is 4. The molecule has 0 aliphatic rings. The Hall–Kier alpha value is -2.75. The number of nitrogens with one attached hydrogen (secondary N) is 1. The fourth-order valence-corrected chi connectivity index (χ4v) is 2.44. The summed E-state index contributed by atoms with van der Waals surface area (Å²) >= 11 is 0. The lowest BCUT2D eigenvalue weighted by atomic mass is 9.86. The molecule has 0 fully saturated rings. The molecule has 0 atom stereocenters. The summed E-state index contributed by atoms with van der Waals surface area (Å²) in [4.78, 5) is 13.1. The van der Waals surface area contributed by atoms with E-state index in [4.69, 9.17) is 0 Å². The smallest absolute Gasteiger partial charge is 0.227 e. The van der Waals surface area contributed by atoms with Crippen molar-refractivity contribution < 1.29 is 0 Å². The molecular weight excluding hydrogens is 296 g/mol. The van der Waals surface area contributed by atoms with Crippen LogP contribution >= 0.6 is 0 Å². The number of aromatic nitrogens is 3. The van der Waals surface area contributed by atoms with Crippen molar-refractivity contribution in [2.45, 2.75) is 33.1 Å². The second-order valence-corrected chi connectivity index (χ2v) is 6.91. The normalized spacial score (nSPS) is 11.3. The van der Waals surface area contributed by atoms with Gasteiger partial charge in [-0.1, -0.05) is 32.9 Å². The van der Waals surface area contributed by atoms with Gasteiger partial charge in [0.15, 0.2) is 0 Å². The van der Waals surface area contributed by atoms with Crippen LogP contribution in [0.3, 0.4) is 0 Å². The zero-order valence-electron chi connectivity index (χ0n) is 14.5. The summed E-state index contributed by atoms with van der Waals surface area (Å²) in [5.74, 6) is 0.588. The first kappa shape index (κ1) is 16.1. The van der Waals surface area contributed by atoms with E-state index >= 15 is 0 Å². The molecule has 2 aromatic heterocycles. The van der Waals surface area contributed by atoms with Crippen LogP contribution < -0.4 is 5.32 Å². The predicted octanol–water partition coefficient (Wildman–Crippen LogP) is 4.89. The predicted molar refractivity (Wildman–Crippen MR) is 98.4 cm³/mol. The first-order valence-electron chi connectivity index (χ1n) is 8.05. The van der Waals surface area contributed by atoms with Crippen LogP contribution in [0.1, 0.15) is 31.9 Å². The molecule has 0 unspecified atom stereocenters. The van der Waals surface area contributed by atoms with E-state index in [0.29, 0.717) is 5.95 Å². The second-order valence-electron chi connectivity index (χ2n) is 6.91. The Morgan fingerprint density at radius 2 is 1.83 bits per heavy atom. The van der Waals surface area contributed by atoms with Crippen LogP contribution in [0, 0.1) is 6.92 Å². The van der Waals surface area contributed by atoms with E-state index in [2.05, 4.69) is 66.2 Å². The number of pyridine rings is 1. The molecule has 0 aliphatic heterocycles. The Kier molecular flexibility index (Phi) is 4.30. The van der Waals surface area contributed by atoms with Gasteiger partial charge >= 0.3 is 0 Å². The van der Waals surface area contributed by atoms with E-state index in [0.717, 1.165) is 16.9 Å². The molecule has 1 N–H and O–H groups in total. The monoisotopic (exact) mass is 318 g/mol. The Morgan fingerprint density at radius 3 is 2.54 bits per heavy atom. The summed E-state index contributed by atoms with van der Waals surface area (Å²) < 4.78 is 0. The molecule has 3 rings (SSSR count). The maximum atomic E-state index is 4.61. The molecule has 0 bridgehead atoms. The van der Waals surface area contributed by atoms with Crippen LogP contribution in [0.4, 0.5) is 11.6 Å². The molecule has 0 amide bonds. The molecule has 0 aliphatic carbocycles. The minimum absolute atomic E-state index is 0.0997.